The van der Waals surface area contributed by atoms with Crippen molar-refractivity contribution >= 4 is 12.8 Å². The van der Waals surface area contributed by atoms with Crippen molar-refractivity contribution in [2.45, 2.75) is 0 Å². The molecule has 0 aromatic heterocycles. The van der Waals surface area contributed by atoms with Gasteiger partial charge in [-0.25, -0.2) is 9.86 Å². The topological polar surface area (TPSA) is 69.6 Å². The van der Waals surface area contributed by atoms with Gasteiger partial charge in [-0.2, -0.15) is 0 Å². The third-order valence-electron chi connectivity index (χ3n) is 0.834. The van der Waals surface area contributed by atoms with Crippen molar-refractivity contribution in [3.63, 3.8) is 0 Å². The summed E-state index contributed by atoms with van der Waals surface area (Å²) in [6.07, 6.45) is 0. The van der Waals surface area contributed by atoms with Crippen LogP contribution in [0.15, 0.2) is 0 Å². The van der Waals surface area contributed by atoms with Crippen LogP contribution >= 0.6 is 0 Å². The van der Waals surface area contributed by atoms with E-state index in [9.17, 15) is 4.79 Å². The Hall–Kier alpha value is -1.10. The van der Waals surface area contributed by atoms with Crippen LogP contribution < -0.4 is 5.32 Å². The molecule has 1 aliphatic rings. The molecule has 0 saturated carbocycles. The highest BCUT2D eigenvalue weighted by Gasteiger charge is 2.15. The van der Waals surface area contributed by atoms with Gasteiger partial charge in [0.05, 0.1) is 6.54 Å². The molecule has 5 heteroatoms. The summed E-state index contributed by atoms with van der Waals surface area (Å²) >= 11 is 0. The number of urea groups is 1. The first kappa shape index (κ1) is 7.90. The lowest BCUT2D eigenvalue weighted by molar-refractivity contribution is -0.0979. The number of carbonyl (C=O) groups is 2. The summed E-state index contributed by atoms with van der Waals surface area (Å²) < 4.78 is 0. The van der Waals surface area contributed by atoms with Crippen LogP contribution in [0.3, 0.4) is 0 Å². The Bertz CT molecular complexity index is 106. The molecule has 0 aliphatic carbocycles. The lowest BCUT2D eigenvalue weighted by atomic mass is 10.7. The normalized spacial score (nSPS) is 16.1. The summed E-state index contributed by atoms with van der Waals surface area (Å²) in [6.45, 7) is 2.95. The van der Waals surface area contributed by atoms with Crippen molar-refractivity contribution in [1.82, 2.24) is 10.4 Å². The maximum Gasteiger partial charge on any atom is 0.341 e. The monoisotopic (exact) mass is 132 g/mol. The lowest BCUT2D eigenvalue weighted by Gasteiger charge is -1.98. The maximum absolute atomic E-state index is 10.1. The van der Waals surface area contributed by atoms with Crippen molar-refractivity contribution < 1.29 is 14.8 Å². The van der Waals surface area contributed by atoms with E-state index in [4.69, 9.17) is 10.0 Å². The predicted octanol–water partition coefficient (Wildman–Crippen LogP) is -0.784. The van der Waals surface area contributed by atoms with Gasteiger partial charge in [0, 0.05) is 6.54 Å². The summed E-state index contributed by atoms with van der Waals surface area (Å²) in [7, 11) is 0. The average Bonchev–Trinajstić information content (AvgIpc) is 2.23. The molecule has 0 radical (unpaired) electrons. The highest BCUT2D eigenvalue weighted by molar-refractivity contribution is 5.74. The predicted molar refractivity (Wildman–Crippen MR) is 29.0 cm³/mol. The van der Waals surface area contributed by atoms with E-state index in [0.717, 1.165) is 0 Å². The Kier molecular flexibility index (Phi) is 3.38. The number of hydrogen-bond donors (Lipinski definition) is 2. The van der Waals surface area contributed by atoms with Crippen LogP contribution in [0, 0.1) is 0 Å². The summed E-state index contributed by atoms with van der Waals surface area (Å²) in [5.74, 6) is 0. The molecule has 9 heavy (non-hydrogen) atoms. The fourth-order valence-electron chi connectivity index (χ4n) is 0.462. The van der Waals surface area contributed by atoms with Crippen molar-refractivity contribution in [2.75, 3.05) is 13.1 Å². The van der Waals surface area contributed by atoms with Gasteiger partial charge in [0.2, 0.25) is 0 Å². The number of nitrogens with one attached hydrogen (secondary N) is 1. The Labute approximate surface area is 52.2 Å². The molecule has 0 unspecified atom stereocenters. The zero-order valence-electron chi connectivity index (χ0n) is 4.83. The zero-order chi connectivity index (χ0) is 7.28. The number of hydroxylamine groups is 2. The summed E-state index contributed by atoms with van der Waals surface area (Å²) in [6, 6.07) is -0.403. The lowest BCUT2D eigenvalue weighted by Crippen LogP contribution is -2.23. The standard InChI is InChI=1S/C3H6N2O2.CH2O/c6-3-4-1-2-5(3)7;1-2/h7H,1-2H2,(H,4,6);1H2. The molecule has 2 amide bonds. The Morgan fingerprint density at radius 1 is 1.67 bits per heavy atom. The number of amides is 2. The van der Waals surface area contributed by atoms with E-state index in [1.807, 2.05) is 6.79 Å². The number of rotatable bonds is 0. The van der Waals surface area contributed by atoms with E-state index in [1.54, 1.807) is 0 Å². The molecule has 2 N–H and O–H groups in total. The first-order valence-corrected chi connectivity index (χ1v) is 2.34. The van der Waals surface area contributed by atoms with Crippen LogP contribution in [0.2, 0.25) is 0 Å². The second-order valence-corrected chi connectivity index (χ2v) is 1.36. The molecule has 1 heterocycles. The summed E-state index contributed by atoms with van der Waals surface area (Å²) in [4.78, 5) is 18.1. The van der Waals surface area contributed by atoms with E-state index in [2.05, 4.69) is 5.32 Å². The van der Waals surface area contributed by atoms with E-state index in [-0.39, 0.29) is 0 Å². The fraction of sp³-hybridized carbons (Fsp3) is 0.500. The molecule has 0 aromatic rings. The van der Waals surface area contributed by atoms with Gasteiger partial charge in [0.25, 0.3) is 0 Å². The summed E-state index contributed by atoms with van der Waals surface area (Å²) in [5, 5.41) is 11.5. The van der Waals surface area contributed by atoms with Crippen LogP contribution in [0.1, 0.15) is 0 Å². The third-order valence-corrected chi connectivity index (χ3v) is 0.834. The van der Waals surface area contributed by atoms with Gasteiger partial charge in [0.1, 0.15) is 6.79 Å². The van der Waals surface area contributed by atoms with Gasteiger partial charge in [0.15, 0.2) is 0 Å². The quantitative estimate of drug-likeness (QED) is 0.424. The van der Waals surface area contributed by atoms with Crippen LogP contribution in [0.25, 0.3) is 0 Å². The smallest absolute Gasteiger partial charge is 0.334 e. The molecule has 0 atom stereocenters. The second-order valence-electron chi connectivity index (χ2n) is 1.36. The third kappa shape index (κ3) is 2.09. The highest BCUT2D eigenvalue weighted by atomic mass is 16.5. The van der Waals surface area contributed by atoms with E-state index >= 15 is 0 Å². The second kappa shape index (κ2) is 3.85. The zero-order valence-corrected chi connectivity index (χ0v) is 4.83. The first-order valence-electron chi connectivity index (χ1n) is 2.34. The Morgan fingerprint density at radius 3 is 2.33 bits per heavy atom. The van der Waals surface area contributed by atoms with Crippen LogP contribution in [-0.4, -0.2) is 36.2 Å². The first-order chi connectivity index (χ1) is 4.30. The molecular weight excluding hydrogens is 124 g/mol. The molecule has 0 aromatic carbocycles. The number of carbonyl (C=O) groups excluding carboxylic acids is 2. The minimum atomic E-state index is -0.403. The van der Waals surface area contributed by atoms with E-state index in [1.165, 1.54) is 0 Å². The van der Waals surface area contributed by atoms with Crippen molar-refractivity contribution in [1.29, 1.82) is 0 Å². The number of hydrogen-bond acceptors (Lipinski definition) is 3. The van der Waals surface area contributed by atoms with Gasteiger partial charge in [-0.15, -0.1) is 0 Å². The van der Waals surface area contributed by atoms with Gasteiger partial charge >= 0.3 is 6.03 Å². The summed E-state index contributed by atoms with van der Waals surface area (Å²) in [5.41, 5.74) is 0. The minimum Gasteiger partial charge on any atom is -0.334 e. The Balaban J connectivity index is 0.000000291. The fourth-order valence-corrected chi connectivity index (χ4v) is 0.462. The molecule has 1 rings (SSSR count). The van der Waals surface area contributed by atoms with Crippen molar-refractivity contribution in [3.8, 4) is 0 Å². The van der Waals surface area contributed by atoms with Gasteiger partial charge in [-0.3, -0.25) is 5.21 Å². The minimum absolute atomic E-state index is 0.402. The average molecular weight is 132 g/mol. The molecular formula is C4H8N2O3. The van der Waals surface area contributed by atoms with Gasteiger partial charge < -0.3 is 10.1 Å². The molecule has 52 valence electrons. The van der Waals surface area contributed by atoms with Crippen LogP contribution in [-0.2, 0) is 4.79 Å². The van der Waals surface area contributed by atoms with Crippen molar-refractivity contribution in [3.05, 3.63) is 0 Å². The molecule has 5 nitrogen and oxygen atoms in total. The largest absolute Gasteiger partial charge is 0.341 e. The molecule has 0 bridgehead atoms. The van der Waals surface area contributed by atoms with E-state index < -0.39 is 6.03 Å². The van der Waals surface area contributed by atoms with Gasteiger partial charge in [-0.05, 0) is 0 Å². The Morgan fingerprint density at radius 2 is 2.22 bits per heavy atom. The maximum atomic E-state index is 10.1. The number of nitrogens with zero attached hydrogens (tertiary/aromatic N) is 1. The van der Waals surface area contributed by atoms with Crippen LogP contribution in [0.4, 0.5) is 4.79 Å². The van der Waals surface area contributed by atoms with E-state index in [0.29, 0.717) is 18.2 Å². The SMILES string of the molecule is C=O.O=C1NCCN1O. The van der Waals surface area contributed by atoms with Gasteiger partial charge in [-0.1, -0.05) is 0 Å². The molecule has 1 aliphatic heterocycles. The van der Waals surface area contributed by atoms with Crippen LogP contribution in [0.5, 0.6) is 0 Å². The molecule has 1 fully saturated rings. The molecule has 0 spiro atoms. The molecule has 1 saturated heterocycles. The highest BCUT2D eigenvalue weighted by Crippen LogP contribution is 1.87. The van der Waals surface area contributed by atoms with Crippen molar-refractivity contribution in [2.24, 2.45) is 0 Å².